The molecule has 0 atom stereocenters. The zero-order valence-electron chi connectivity index (χ0n) is 12.4. The van der Waals surface area contributed by atoms with Crippen molar-refractivity contribution in [1.82, 2.24) is 10.4 Å². The monoisotopic (exact) mass is 381 g/mol. The Morgan fingerprint density at radius 2 is 2.04 bits per heavy atom. The Kier molecular flexibility index (Phi) is 7.89. The predicted octanol–water partition coefficient (Wildman–Crippen LogP) is 2.07. The lowest BCUT2D eigenvalue weighted by Gasteiger charge is -2.16. The number of pyridine rings is 1. The van der Waals surface area contributed by atoms with Crippen LogP contribution in [0.25, 0.3) is 12.2 Å². The van der Waals surface area contributed by atoms with E-state index in [1.807, 2.05) is 24.3 Å². The fraction of sp³-hybridized carbons (Fsp3) is 0.0667. The molecule has 0 aliphatic rings. The molecule has 23 heavy (non-hydrogen) atoms. The summed E-state index contributed by atoms with van der Waals surface area (Å²) in [7, 11) is 1.76. The van der Waals surface area contributed by atoms with Crippen LogP contribution in [0.3, 0.4) is 0 Å². The average Bonchev–Trinajstić information content (AvgIpc) is 2.53. The number of nitrogens with zero attached hydrogens (tertiary/aromatic N) is 2. The van der Waals surface area contributed by atoms with Gasteiger partial charge in [0, 0.05) is 23.3 Å². The van der Waals surface area contributed by atoms with Gasteiger partial charge in [-0.3, -0.25) is 15.2 Å². The predicted molar refractivity (Wildman–Crippen MR) is 93.2 cm³/mol. The summed E-state index contributed by atoms with van der Waals surface area (Å²) in [6, 6.07) is 8.42. The van der Waals surface area contributed by atoms with Gasteiger partial charge < -0.3 is 5.01 Å². The van der Waals surface area contributed by atoms with E-state index in [2.05, 4.69) is 26.8 Å². The smallest absolute Gasteiger partial charge is 0.221 e. The first-order chi connectivity index (χ1) is 11.0. The number of halogens is 2. The molecule has 1 aromatic heterocycles. The molecule has 1 amide bonds. The van der Waals surface area contributed by atoms with E-state index in [9.17, 15) is 4.39 Å². The van der Waals surface area contributed by atoms with Crippen LogP contribution in [-0.2, 0) is 4.79 Å². The van der Waals surface area contributed by atoms with Gasteiger partial charge in [-0.2, -0.15) is 0 Å². The van der Waals surface area contributed by atoms with Gasteiger partial charge in [-0.15, -0.1) is 0 Å². The number of rotatable bonds is 4. The van der Waals surface area contributed by atoms with E-state index in [4.69, 9.17) is 10.6 Å². The largest absolute Gasteiger partial charge is 0.313 e. The molecular formula is C15H17BrFN5O. The number of carbonyl (C=O) groups excluding carboxylic acids is 1. The van der Waals surface area contributed by atoms with Crippen molar-refractivity contribution in [1.29, 1.82) is 0 Å². The van der Waals surface area contributed by atoms with Crippen LogP contribution in [0.4, 0.5) is 10.1 Å². The number of aromatic nitrogens is 1. The summed E-state index contributed by atoms with van der Waals surface area (Å²) in [5.41, 5.74) is 4.09. The van der Waals surface area contributed by atoms with Crippen molar-refractivity contribution in [3.63, 3.8) is 0 Å². The minimum atomic E-state index is -0.307. The molecule has 2 rings (SSSR count). The van der Waals surface area contributed by atoms with Gasteiger partial charge in [-0.05, 0) is 36.4 Å². The van der Waals surface area contributed by atoms with Crippen LogP contribution in [0, 0.1) is 5.82 Å². The molecular weight excluding hydrogens is 365 g/mol. The second-order valence-corrected chi connectivity index (χ2v) is 5.15. The number of benzene rings is 1. The van der Waals surface area contributed by atoms with Gasteiger partial charge in [0.05, 0.1) is 11.4 Å². The quantitative estimate of drug-likeness (QED) is 0.326. The summed E-state index contributed by atoms with van der Waals surface area (Å²) in [4.78, 5) is 13.0. The van der Waals surface area contributed by atoms with E-state index in [-0.39, 0.29) is 5.82 Å². The van der Waals surface area contributed by atoms with Gasteiger partial charge in [0.1, 0.15) is 5.82 Å². The number of anilines is 1. The van der Waals surface area contributed by atoms with Crippen molar-refractivity contribution in [2.24, 2.45) is 11.7 Å². The molecule has 0 aliphatic heterocycles. The number of nitrogens with one attached hydrogen (secondary N) is 1. The first-order valence-corrected chi connectivity index (χ1v) is 7.25. The Bertz CT molecular complexity index is 679. The Hall–Kier alpha value is -2.29. The lowest BCUT2D eigenvalue weighted by atomic mass is 10.1. The first kappa shape index (κ1) is 18.8. The lowest BCUT2D eigenvalue weighted by Crippen LogP contribution is -2.25. The Morgan fingerprint density at radius 1 is 1.35 bits per heavy atom. The maximum Gasteiger partial charge on any atom is 0.221 e. The summed E-state index contributed by atoms with van der Waals surface area (Å²) >= 11 is 3.48. The number of hydrazine groups is 2. The molecule has 0 radical (unpaired) electrons. The molecule has 0 saturated carbocycles. The van der Waals surface area contributed by atoms with Gasteiger partial charge in [0.25, 0.3) is 0 Å². The molecule has 1 heterocycles. The van der Waals surface area contributed by atoms with E-state index >= 15 is 0 Å². The fourth-order valence-electron chi connectivity index (χ4n) is 1.68. The van der Waals surface area contributed by atoms with Crippen molar-refractivity contribution in [3.8, 4) is 0 Å². The summed E-state index contributed by atoms with van der Waals surface area (Å²) in [5.74, 6) is 9.88. The Morgan fingerprint density at radius 3 is 2.61 bits per heavy atom. The zero-order valence-corrected chi connectivity index (χ0v) is 14.0. The third-order valence-electron chi connectivity index (χ3n) is 2.64. The van der Waals surface area contributed by atoms with E-state index in [0.29, 0.717) is 12.1 Å². The summed E-state index contributed by atoms with van der Waals surface area (Å²) in [6.45, 7) is 0. The third-order valence-corrected chi connectivity index (χ3v) is 3.33. The molecule has 2 aromatic rings. The standard InChI is InChI=1S/C14H13BrFN3.CH4N2O/c1-19(17)14-4-2-3-13(15)12(14)6-5-11-9-10(16)7-8-18-11;2-3-1-4/h2-9H,17H2,1H3;1H,2H2,(H,3,4)/b6-5+;. The molecule has 0 fully saturated rings. The highest BCUT2D eigenvalue weighted by Gasteiger charge is 2.05. The van der Waals surface area contributed by atoms with Crippen LogP contribution in [-0.4, -0.2) is 18.4 Å². The number of amides is 1. The summed E-state index contributed by atoms with van der Waals surface area (Å²) in [6.07, 6.45) is 5.44. The molecule has 8 heteroatoms. The van der Waals surface area contributed by atoms with Crippen molar-refractivity contribution >= 4 is 40.2 Å². The van der Waals surface area contributed by atoms with Crippen LogP contribution in [0.2, 0.25) is 0 Å². The average molecular weight is 382 g/mol. The highest BCUT2D eigenvalue weighted by molar-refractivity contribution is 9.10. The highest BCUT2D eigenvalue weighted by Crippen LogP contribution is 2.28. The number of hydrogen-bond acceptors (Lipinski definition) is 5. The van der Waals surface area contributed by atoms with E-state index in [1.54, 1.807) is 18.5 Å². The Labute approximate surface area is 142 Å². The van der Waals surface area contributed by atoms with Crippen LogP contribution < -0.4 is 22.1 Å². The van der Waals surface area contributed by atoms with Gasteiger partial charge in [-0.25, -0.2) is 16.1 Å². The number of carbonyl (C=O) groups is 1. The van der Waals surface area contributed by atoms with Crippen LogP contribution in [0.15, 0.2) is 41.0 Å². The van der Waals surface area contributed by atoms with E-state index < -0.39 is 0 Å². The Balaban J connectivity index is 0.000000593. The number of hydrogen-bond donors (Lipinski definition) is 3. The zero-order chi connectivity index (χ0) is 17.2. The van der Waals surface area contributed by atoms with Gasteiger partial charge >= 0.3 is 0 Å². The minimum absolute atomic E-state index is 0.307. The van der Waals surface area contributed by atoms with Crippen LogP contribution >= 0.6 is 15.9 Å². The molecule has 0 unspecified atom stereocenters. The molecule has 122 valence electrons. The highest BCUT2D eigenvalue weighted by atomic mass is 79.9. The second kappa shape index (κ2) is 9.67. The molecule has 0 saturated heterocycles. The third kappa shape index (κ3) is 6.15. The molecule has 0 aliphatic carbocycles. The molecule has 0 spiro atoms. The van der Waals surface area contributed by atoms with Crippen molar-refractivity contribution in [2.75, 3.05) is 12.1 Å². The maximum absolute atomic E-state index is 13.1. The number of nitrogens with two attached hydrogens (primary N) is 2. The molecule has 6 nitrogen and oxygen atoms in total. The molecule has 0 bridgehead atoms. The van der Waals surface area contributed by atoms with Crippen molar-refractivity contribution in [3.05, 3.63) is 58.1 Å². The van der Waals surface area contributed by atoms with E-state index in [0.717, 1.165) is 15.7 Å². The maximum atomic E-state index is 13.1. The van der Waals surface area contributed by atoms with Gasteiger partial charge in [0.2, 0.25) is 6.41 Å². The van der Waals surface area contributed by atoms with Gasteiger partial charge in [-0.1, -0.05) is 22.0 Å². The van der Waals surface area contributed by atoms with Gasteiger partial charge in [0.15, 0.2) is 0 Å². The van der Waals surface area contributed by atoms with Crippen molar-refractivity contribution < 1.29 is 9.18 Å². The summed E-state index contributed by atoms with van der Waals surface area (Å²) < 4.78 is 14.0. The van der Waals surface area contributed by atoms with E-state index in [1.165, 1.54) is 23.3 Å². The molecule has 1 aromatic carbocycles. The second-order valence-electron chi connectivity index (χ2n) is 4.30. The van der Waals surface area contributed by atoms with Crippen molar-refractivity contribution in [2.45, 2.75) is 0 Å². The van der Waals surface area contributed by atoms with Crippen LogP contribution in [0.1, 0.15) is 11.3 Å². The fourth-order valence-corrected chi connectivity index (χ4v) is 2.17. The lowest BCUT2D eigenvalue weighted by molar-refractivity contribution is -0.109. The SMILES string of the molecule is CN(N)c1cccc(Br)c1/C=C/c1cc(F)ccn1.NNC=O. The first-order valence-electron chi connectivity index (χ1n) is 6.46. The normalized spacial score (nSPS) is 9.96. The van der Waals surface area contributed by atoms with Crippen LogP contribution in [0.5, 0.6) is 0 Å². The summed E-state index contributed by atoms with van der Waals surface area (Å²) in [5, 5.41) is 1.53. The topological polar surface area (TPSA) is 97.3 Å². The molecule has 5 N–H and O–H groups in total. The minimum Gasteiger partial charge on any atom is -0.313 e.